The Bertz CT molecular complexity index is 1110. The van der Waals surface area contributed by atoms with Crippen LogP contribution in [0.15, 0.2) is 42.5 Å². The van der Waals surface area contributed by atoms with Crippen molar-refractivity contribution in [1.29, 1.82) is 0 Å². The number of halogens is 2. The molecular weight excluding hydrogens is 445 g/mol. The molecule has 0 unspecified atom stereocenters. The van der Waals surface area contributed by atoms with Crippen LogP contribution in [0.5, 0.6) is 0 Å². The number of carbonyl (C=O) groups is 1. The summed E-state index contributed by atoms with van der Waals surface area (Å²) < 4.78 is 0. The van der Waals surface area contributed by atoms with Gasteiger partial charge in [-0.3, -0.25) is 4.79 Å². The largest absolute Gasteiger partial charge is 0.362 e. The predicted molar refractivity (Wildman–Crippen MR) is 132 cm³/mol. The quantitative estimate of drug-likeness (QED) is 0.510. The zero-order valence-corrected chi connectivity index (χ0v) is 19.7. The van der Waals surface area contributed by atoms with Crippen molar-refractivity contribution in [3.63, 3.8) is 0 Å². The maximum absolute atomic E-state index is 12.6. The molecule has 2 aromatic carbocycles. The van der Waals surface area contributed by atoms with E-state index in [1.165, 1.54) is 0 Å². The predicted octanol–water partition coefficient (Wildman–Crippen LogP) is 5.29. The Balaban J connectivity index is 1.33. The van der Waals surface area contributed by atoms with Crippen LogP contribution in [0.1, 0.15) is 31.2 Å². The van der Waals surface area contributed by atoms with Gasteiger partial charge in [-0.2, -0.15) is 4.98 Å². The summed E-state index contributed by atoms with van der Waals surface area (Å²) in [5, 5.41) is 8.56. The van der Waals surface area contributed by atoms with Crippen molar-refractivity contribution in [3.05, 3.63) is 58.1 Å². The van der Waals surface area contributed by atoms with Gasteiger partial charge >= 0.3 is 0 Å². The first-order valence-corrected chi connectivity index (χ1v) is 11.6. The Kier molecular flexibility index (Phi) is 7.01. The molecule has 1 heterocycles. The smallest absolute Gasteiger partial charge is 0.225 e. The van der Waals surface area contributed by atoms with E-state index < -0.39 is 0 Å². The van der Waals surface area contributed by atoms with Gasteiger partial charge in [-0.25, -0.2) is 4.98 Å². The fourth-order valence-electron chi connectivity index (χ4n) is 4.13. The summed E-state index contributed by atoms with van der Waals surface area (Å²) in [6.07, 6.45) is 3.47. The molecular formula is C24H27Cl2N5O. The number of nitrogens with one attached hydrogen (secondary N) is 2. The van der Waals surface area contributed by atoms with E-state index in [-0.39, 0.29) is 17.9 Å². The number of amides is 1. The standard InChI is InChI=1S/C24H27Cl2N5O/c1-31(2)22-18-5-3-4-6-21(18)29-24(30-22)28-17-10-8-16(9-11-17)23(32)27-14-15-7-12-19(25)20(26)13-15/h3-7,12-13,16-17H,8-11,14H2,1-2H3,(H,27,32)(H,28,29,30)/t16-,17+. The van der Waals surface area contributed by atoms with Crippen LogP contribution in [0.25, 0.3) is 10.9 Å². The molecule has 0 radical (unpaired) electrons. The van der Waals surface area contributed by atoms with E-state index in [1.54, 1.807) is 12.1 Å². The van der Waals surface area contributed by atoms with Crippen molar-refractivity contribution in [1.82, 2.24) is 15.3 Å². The molecule has 0 spiro atoms. The van der Waals surface area contributed by atoms with Crippen LogP contribution in [0.4, 0.5) is 11.8 Å². The van der Waals surface area contributed by atoms with Crippen molar-refractivity contribution >= 4 is 51.8 Å². The number of carbonyl (C=O) groups excluding carboxylic acids is 1. The molecule has 4 rings (SSSR count). The zero-order valence-electron chi connectivity index (χ0n) is 18.2. The lowest BCUT2D eigenvalue weighted by molar-refractivity contribution is -0.126. The third kappa shape index (κ3) is 5.25. The summed E-state index contributed by atoms with van der Waals surface area (Å²) in [7, 11) is 3.97. The Morgan fingerprint density at radius 1 is 1.03 bits per heavy atom. The highest BCUT2D eigenvalue weighted by Gasteiger charge is 2.26. The molecule has 0 saturated heterocycles. The van der Waals surface area contributed by atoms with Gasteiger partial charge in [0.25, 0.3) is 0 Å². The number of benzene rings is 2. The summed E-state index contributed by atoms with van der Waals surface area (Å²) in [6, 6.07) is 13.7. The van der Waals surface area contributed by atoms with Crippen LogP contribution in [-0.2, 0) is 11.3 Å². The summed E-state index contributed by atoms with van der Waals surface area (Å²) in [5.41, 5.74) is 1.86. The Morgan fingerprint density at radius 3 is 2.50 bits per heavy atom. The number of fused-ring (bicyclic) bond motifs is 1. The number of para-hydroxylation sites is 1. The summed E-state index contributed by atoms with van der Waals surface area (Å²) in [5.74, 6) is 1.64. The Hall–Kier alpha value is -2.57. The molecule has 1 fully saturated rings. The highest BCUT2D eigenvalue weighted by atomic mass is 35.5. The monoisotopic (exact) mass is 471 g/mol. The van der Waals surface area contributed by atoms with Gasteiger partial charge in [0.2, 0.25) is 11.9 Å². The number of nitrogens with zero attached hydrogens (tertiary/aromatic N) is 3. The lowest BCUT2D eigenvalue weighted by Gasteiger charge is -2.28. The van der Waals surface area contributed by atoms with Gasteiger partial charge in [0, 0.05) is 38.0 Å². The van der Waals surface area contributed by atoms with E-state index in [0.717, 1.165) is 48.0 Å². The van der Waals surface area contributed by atoms with Crippen LogP contribution < -0.4 is 15.5 Å². The third-order valence-electron chi connectivity index (χ3n) is 5.89. The van der Waals surface area contributed by atoms with Gasteiger partial charge in [-0.05, 0) is 55.5 Å². The molecule has 0 bridgehead atoms. The van der Waals surface area contributed by atoms with E-state index in [4.69, 9.17) is 33.2 Å². The van der Waals surface area contributed by atoms with Gasteiger partial charge in [0.05, 0.1) is 15.6 Å². The SMILES string of the molecule is CN(C)c1nc(N[C@H]2CC[C@@H](C(=O)NCc3ccc(Cl)c(Cl)c3)CC2)nc2ccccc12. The average Bonchev–Trinajstić information content (AvgIpc) is 2.79. The second-order valence-corrected chi connectivity index (χ2v) is 9.26. The minimum atomic E-state index is 0.0191. The normalized spacial score (nSPS) is 18.4. The maximum Gasteiger partial charge on any atom is 0.225 e. The number of anilines is 2. The molecule has 1 aliphatic carbocycles. The van der Waals surface area contributed by atoms with Crippen molar-refractivity contribution in [3.8, 4) is 0 Å². The molecule has 168 valence electrons. The van der Waals surface area contributed by atoms with Crippen LogP contribution >= 0.6 is 23.2 Å². The van der Waals surface area contributed by atoms with E-state index >= 15 is 0 Å². The molecule has 6 nitrogen and oxygen atoms in total. The van der Waals surface area contributed by atoms with Gasteiger partial charge < -0.3 is 15.5 Å². The van der Waals surface area contributed by atoms with E-state index in [9.17, 15) is 4.79 Å². The Morgan fingerprint density at radius 2 is 1.78 bits per heavy atom. The average molecular weight is 472 g/mol. The van der Waals surface area contributed by atoms with Gasteiger partial charge in [-0.1, -0.05) is 41.4 Å². The molecule has 1 saturated carbocycles. The van der Waals surface area contributed by atoms with Gasteiger partial charge in [0.1, 0.15) is 5.82 Å². The number of hydrogen-bond donors (Lipinski definition) is 2. The lowest BCUT2D eigenvalue weighted by atomic mass is 9.85. The Labute approximate surface area is 198 Å². The maximum atomic E-state index is 12.6. The molecule has 8 heteroatoms. The van der Waals surface area contributed by atoms with Crippen LogP contribution in [0.3, 0.4) is 0 Å². The van der Waals surface area contributed by atoms with E-state index in [0.29, 0.717) is 22.5 Å². The first-order valence-electron chi connectivity index (χ1n) is 10.8. The zero-order chi connectivity index (χ0) is 22.7. The lowest BCUT2D eigenvalue weighted by Crippen LogP contribution is -2.35. The summed E-state index contributed by atoms with van der Waals surface area (Å²) >= 11 is 12.0. The highest BCUT2D eigenvalue weighted by molar-refractivity contribution is 6.42. The first-order chi connectivity index (χ1) is 15.4. The minimum Gasteiger partial charge on any atom is -0.362 e. The number of aromatic nitrogens is 2. The minimum absolute atomic E-state index is 0.0191. The van der Waals surface area contributed by atoms with Crippen molar-refractivity contribution in [2.45, 2.75) is 38.3 Å². The third-order valence-corrected chi connectivity index (χ3v) is 6.63. The molecule has 2 N–H and O–H groups in total. The molecule has 32 heavy (non-hydrogen) atoms. The molecule has 1 aliphatic rings. The molecule has 1 amide bonds. The first kappa shape index (κ1) is 22.6. The summed E-state index contributed by atoms with van der Waals surface area (Å²) in [4.78, 5) is 24.1. The molecule has 3 aromatic rings. The molecule has 1 aromatic heterocycles. The van der Waals surface area contributed by atoms with Gasteiger partial charge in [-0.15, -0.1) is 0 Å². The molecule has 0 aliphatic heterocycles. The summed E-state index contributed by atoms with van der Waals surface area (Å²) in [6.45, 7) is 0.451. The van der Waals surface area contributed by atoms with Crippen molar-refractivity contribution in [2.24, 2.45) is 5.92 Å². The van der Waals surface area contributed by atoms with Crippen LogP contribution in [0.2, 0.25) is 10.0 Å². The number of hydrogen-bond acceptors (Lipinski definition) is 5. The highest BCUT2D eigenvalue weighted by Crippen LogP contribution is 2.29. The fraction of sp³-hybridized carbons (Fsp3) is 0.375. The van der Waals surface area contributed by atoms with E-state index in [1.807, 2.05) is 49.3 Å². The number of rotatable bonds is 6. The van der Waals surface area contributed by atoms with E-state index in [2.05, 4.69) is 10.6 Å². The second kappa shape index (κ2) is 9.92. The topological polar surface area (TPSA) is 70.2 Å². The fourth-order valence-corrected chi connectivity index (χ4v) is 4.45. The second-order valence-electron chi connectivity index (χ2n) is 8.44. The van der Waals surface area contributed by atoms with Crippen LogP contribution in [0, 0.1) is 5.92 Å². The van der Waals surface area contributed by atoms with Crippen LogP contribution in [-0.4, -0.2) is 36.0 Å². The van der Waals surface area contributed by atoms with Crippen molar-refractivity contribution in [2.75, 3.05) is 24.3 Å². The van der Waals surface area contributed by atoms with Crippen molar-refractivity contribution < 1.29 is 4.79 Å². The molecule has 0 atom stereocenters. The van der Waals surface area contributed by atoms with Gasteiger partial charge in [0.15, 0.2) is 0 Å².